The predicted octanol–water partition coefficient (Wildman–Crippen LogP) is 3.10. The molecule has 0 unspecified atom stereocenters. The summed E-state index contributed by atoms with van der Waals surface area (Å²) in [4.78, 5) is 11.9. The molecule has 0 atom stereocenters. The number of nitrogens with one attached hydrogen (secondary N) is 2. The molecule has 0 saturated carbocycles. The Balaban J connectivity index is 1.63. The van der Waals surface area contributed by atoms with Gasteiger partial charge >= 0.3 is 6.03 Å². The summed E-state index contributed by atoms with van der Waals surface area (Å²) >= 11 is 0. The second-order valence-corrected chi connectivity index (χ2v) is 4.84. The van der Waals surface area contributed by atoms with Crippen molar-refractivity contribution in [2.45, 2.75) is 13.5 Å². The molecule has 6 nitrogen and oxygen atoms in total. The van der Waals surface area contributed by atoms with Gasteiger partial charge in [-0.15, -0.1) is 0 Å². The van der Waals surface area contributed by atoms with Crippen molar-refractivity contribution in [3.8, 4) is 5.69 Å². The van der Waals surface area contributed by atoms with Gasteiger partial charge in [0, 0.05) is 18.1 Å². The van der Waals surface area contributed by atoms with Gasteiger partial charge in [-0.05, 0) is 48.9 Å². The molecule has 6 heteroatoms. The number of carbonyl (C=O) groups excluding carboxylic acids is 1. The number of hydrogen-bond donors (Lipinski definition) is 2. The Hall–Kier alpha value is -3.02. The summed E-state index contributed by atoms with van der Waals surface area (Å²) in [5.74, 6) is 0.709. The molecular weight excluding hydrogens is 280 g/mol. The van der Waals surface area contributed by atoms with E-state index in [2.05, 4.69) is 15.7 Å². The maximum Gasteiger partial charge on any atom is 0.319 e. The van der Waals surface area contributed by atoms with Crippen LogP contribution in [0.3, 0.4) is 0 Å². The molecule has 0 aliphatic carbocycles. The average molecular weight is 296 g/mol. The molecule has 0 fully saturated rings. The zero-order valence-corrected chi connectivity index (χ0v) is 12.1. The summed E-state index contributed by atoms with van der Waals surface area (Å²) in [5, 5.41) is 9.75. The molecule has 0 aliphatic rings. The lowest BCUT2D eigenvalue weighted by atomic mass is 10.2. The van der Waals surface area contributed by atoms with E-state index < -0.39 is 0 Å². The molecule has 22 heavy (non-hydrogen) atoms. The molecule has 2 aromatic heterocycles. The van der Waals surface area contributed by atoms with Crippen LogP contribution < -0.4 is 10.6 Å². The number of carbonyl (C=O) groups is 1. The molecule has 0 saturated heterocycles. The lowest BCUT2D eigenvalue weighted by Gasteiger charge is -2.11. The highest BCUT2D eigenvalue weighted by molar-refractivity contribution is 5.90. The normalized spacial score (nSPS) is 10.4. The fraction of sp³-hybridized carbons (Fsp3) is 0.125. The van der Waals surface area contributed by atoms with Crippen molar-refractivity contribution in [2.75, 3.05) is 5.32 Å². The number of nitrogens with zero attached hydrogens (tertiary/aromatic N) is 2. The molecule has 2 amide bonds. The molecule has 0 bridgehead atoms. The number of aryl methyl sites for hydroxylation is 1. The smallest absolute Gasteiger partial charge is 0.319 e. The molecule has 112 valence electrons. The molecule has 1 aromatic carbocycles. The van der Waals surface area contributed by atoms with Crippen LogP contribution in [0.1, 0.15) is 11.3 Å². The van der Waals surface area contributed by atoms with Crippen molar-refractivity contribution in [2.24, 2.45) is 0 Å². The van der Waals surface area contributed by atoms with Gasteiger partial charge in [0.1, 0.15) is 5.76 Å². The first-order valence-corrected chi connectivity index (χ1v) is 6.90. The van der Waals surface area contributed by atoms with Crippen LogP contribution in [0.2, 0.25) is 0 Å². The number of benzene rings is 1. The van der Waals surface area contributed by atoms with Gasteiger partial charge in [-0.2, -0.15) is 5.10 Å². The van der Waals surface area contributed by atoms with Crippen LogP contribution >= 0.6 is 0 Å². The molecular formula is C16H16N4O2. The van der Waals surface area contributed by atoms with Gasteiger partial charge in [0.05, 0.1) is 18.5 Å². The van der Waals surface area contributed by atoms with Crippen LogP contribution in [-0.2, 0) is 6.54 Å². The maximum atomic E-state index is 11.9. The fourth-order valence-corrected chi connectivity index (χ4v) is 2.10. The summed E-state index contributed by atoms with van der Waals surface area (Å²) in [7, 11) is 0. The Morgan fingerprint density at radius 3 is 2.91 bits per heavy atom. The quantitative estimate of drug-likeness (QED) is 0.777. The van der Waals surface area contributed by atoms with Crippen molar-refractivity contribution in [1.82, 2.24) is 15.1 Å². The first kappa shape index (κ1) is 13.9. The molecule has 0 spiro atoms. The van der Waals surface area contributed by atoms with E-state index >= 15 is 0 Å². The summed E-state index contributed by atoms with van der Waals surface area (Å²) in [6.45, 7) is 2.29. The van der Waals surface area contributed by atoms with Crippen molar-refractivity contribution < 1.29 is 9.21 Å². The predicted molar refractivity (Wildman–Crippen MR) is 82.9 cm³/mol. The van der Waals surface area contributed by atoms with Gasteiger partial charge in [-0.3, -0.25) is 0 Å². The van der Waals surface area contributed by atoms with Crippen LogP contribution in [0.5, 0.6) is 0 Å². The minimum Gasteiger partial charge on any atom is -0.467 e. The largest absolute Gasteiger partial charge is 0.467 e. The fourth-order valence-electron chi connectivity index (χ4n) is 2.10. The Morgan fingerprint density at radius 1 is 1.32 bits per heavy atom. The topological polar surface area (TPSA) is 72.1 Å². The summed E-state index contributed by atoms with van der Waals surface area (Å²) in [6, 6.07) is 10.9. The molecule has 3 rings (SSSR count). The third kappa shape index (κ3) is 3.17. The molecule has 0 radical (unpaired) electrons. The Morgan fingerprint density at radius 2 is 2.23 bits per heavy atom. The maximum absolute atomic E-state index is 11.9. The first-order valence-electron chi connectivity index (χ1n) is 6.90. The lowest BCUT2D eigenvalue weighted by molar-refractivity contribution is 0.251. The lowest BCUT2D eigenvalue weighted by Crippen LogP contribution is -2.28. The number of anilines is 1. The van der Waals surface area contributed by atoms with Crippen LogP contribution in [0, 0.1) is 6.92 Å². The highest BCUT2D eigenvalue weighted by Crippen LogP contribution is 2.18. The number of urea groups is 1. The van der Waals surface area contributed by atoms with E-state index in [0.29, 0.717) is 12.3 Å². The van der Waals surface area contributed by atoms with Crippen molar-refractivity contribution in [3.63, 3.8) is 0 Å². The zero-order valence-electron chi connectivity index (χ0n) is 12.1. The van der Waals surface area contributed by atoms with E-state index in [1.807, 2.05) is 43.5 Å². The number of aromatic nitrogens is 2. The molecule has 3 aromatic rings. The third-order valence-corrected chi connectivity index (χ3v) is 3.23. The van der Waals surface area contributed by atoms with Crippen molar-refractivity contribution in [1.29, 1.82) is 0 Å². The van der Waals surface area contributed by atoms with Crippen molar-refractivity contribution in [3.05, 3.63) is 66.4 Å². The summed E-state index contributed by atoms with van der Waals surface area (Å²) in [5.41, 5.74) is 2.66. The van der Waals surface area contributed by atoms with Crippen LogP contribution in [0.25, 0.3) is 5.69 Å². The van der Waals surface area contributed by atoms with E-state index in [1.165, 1.54) is 0 Å². The van der Waals surface area contributed by atoms with E-state index in [4.69, 9.17) is 4.42 Å². The number of furan rings is 1. The van der Waals surface area contributed by atoms with Gasteiger partial charge in [0.25, 0.3) is 0 Å². The summed E-state index contributed by atoms with van der Waals surface area (Å²) in [6.07, 6.45) is 5.18. The second kappa shape index (κ2) is 6.17. The van der Waals surface area contributed by atoms with Crippen LogP contribution in [0.15, 0.2) is 59.5 Å². The van der Waals surface area contributed by atoms with Gasteiger partial charge in [-0.25, -0.2) is 9.48 Å². The van der Waals surface area contributed by atoms with Crippen LogP contribution in [0.4, 0.5) is 10.5 Å². The average Bonchev–Trinajstić information content (AvgIpc) is 3.20. The number of rotatable bonds is 4. The molecule has 0 aliphatic heterocycles. The van der Waals surface area contributed by atoms with Gasteiger partial charge < -0.3 is 15.1 Å². The second-order valence-electron chi connectivity index (χ2n) is 4.84. The Bertz CT molecular complexity index is 749. The summed E-state index contributed by atoms with van der Waals surface area (Å²) < 4.78 is 6.93. The Labute approximate surface area is 127 Å². The van der Waals surface area contributed by atoms with Gasteiger partial charge in [0.2, 0.25) is 0 Å². The van der Waals surface area contributed by atoms with Crippen molar-refractivity contribution >= 4 is 11.7 Å². The number of amides is 2. The monoisotopic (exact) mass is 296 g/mol. The highest BCUT2D eigenvalue weighted by Gasteiger charge is 2.06. The first-order chi connectivity index (χ1) is 10.7. The van der Waals surface area contributed by atoms with Gasteiger partial charge in [0.15, 0.2) is 0 Å². The highest BCUT2D eigenvalue weighted by atomic mass is 16.3. The number of hydrogen-bond acceptors (Lipinski definition) is 3. The zero-order chi connectivity index (χ0) is 15.4. The molecule has 2 N–H and O–H groups in total. The standard InChI is InChI=1S/C16H16N4O2/c1-12-10-13(20-8-3-7-18-20)5-6-15(12)19-16(21)17-11-14-4-2-9-22-14/h2-10H,11H2,1H3,(H2,17,19,21). The van der Waals surface area contributed by atoms with E-state index in [9.17, 15) is 4.79 Å². The minimum absolute atomic E-state index is 0.272. The van der Waals surface area contributed by atoms with E-state index in [1.54, 1.807) is 23.2 Å². The minimum atomic E-state index is -0.272. The van der Waals surface area contributed by atoms with E-state index in [-0.39, 0.29) is 6.03 Å². The van der Waals surface area contributed by atoms with Crippen LogP contribution in [-0.4, -0.2) is 15.8 Å². The Kier molecular flexibility index (Phi) is 3.91. The molecule has 2 heterocycles. The van der Waals surface area contributed by atoms with Gasteiger partial charge in [-0.1, -0.05) is 0 Å². The SMILES string of the molecule is Cc1cc(-n2cccn2)ccc1NC(=O)NCc1ccco1. The third-order valence-electron chi connectivity index (χ3n) is 3.23. The van der Waals surface area contributed by atoms with E-state index in [0.717, 1.165) is 16.9 Å².